The molecule has 4 rings (SSSR count). The Morgan fingerprint density at radius 3 is 2.64 bits per heavy atom. The van der Waals surface area contributed by atoms with Crippen molar-refractivity contribution in [3.05, 3.63) is 54.1 Å². The summed E-state index contributed by atoms with van der Waals surface area (Å²) < 4.78 is 5.44. The summed E-state index contributed by atoms with van der Waals surface area (Å²) in [6.45, 7) is 6.13. The van der Waals surface area contributed by atoms with Gasteiger partial charge in [-0.1, -0.05) is 42.1 Å². The third kappa shape index (κ3) is 4.58. The summed E-state index contributed by atoms with van der Waals surface area (Å²) in [5.41, 5.74) is 2.28. The van der Waals surface area contributed by atoms with Crippen LogP contribution in [0.2, 0.25) is 0 Å². The molecule has 1 N–H and O–H groups in total. The minimum Gasteiger partial charge on any atom is -0.394 e. The number of hydrogen-bond donors (Lipinski definition) is 1. The summed E-state index contributed by atoms with van der Waals surface area (Å²) in [6, 6.07) is 17.0. The van der Waals surface area contributed by atoms with Crippen LogP contribution in [-0.4, -0.2) is 73.3 Å². The number of aliphatic hydroxyl groups excluding tert-OH is 1. The van der Waals surface area contributed by atoms with Crippen molar-refractivity contribution in [1.82, 2.24) is 9.80 Å². The molecule has 2 aliphatic rings. The Kier molecular flexibility index (Phi) is 6.65. The van der Waals surface area contributed by atoms with Gasteiger partial charge in [-0.15, -0.1) is 0 Å². The van der Waals surface area contributed by atoms with Gasteiger partial charge in [0.1, 0.15) is 5.84 Å². The van der Waals surface area contributed by atoms with Crippen LogP contribution in [-0.2, 0) is 4.74 Å². The number of fused-ring (bicyclic) bond motifs is 2. The molecule has 2 aliphatic heterocycles. The average Bonchev–Trinajstić information content (AvgIpc) is 3.05. The van der Waals surface area contributed by atoms with Crippen molar-refractivity contribution in [3.8, 4) is 0 Å². The van der Waals surface area contributed by atoms with Crippen LogP contribution >= 0.6 is 11.8 Å². The smallest absolute Gasteiger partial charge is 0.137 e. The molecule has 2 heterocycles. The van der Waals surface area contributed by atoms with Gasteiger partial charge in [-0.3, -0.25) is 4.90 Å². The van der Waals surface area contributed by atoms with Crippen LogP contribution in [0.5, 0.6) is 0 Å². The van der Waals surface area contributed by atoms with E-state index in [1.54, 1.807) is 11.8 Å². The molecule has 1 saturated heterocycles. The second-order valence-corrected chi connectivity index (χ2v) is 8.10. The molecule has 1 fully saturated rings. The summed E-state index contributed by atoms with van der Waals surface area (Å²) in [7, 11) is 0. The number of amidine groups is 1. The van der Waals surface area contributed by atoms with Gasteiger partial charge >= 0.3 is 0 Å². The van der Waals surface area contributed by atoms with Crippen LogP contribution in [0.25, 0.3) is 0 Å². The quantitative estimate of drug-likeness (QED) is 0.785. The second kappa shape index (κ2) is 9.56. The number of ether oxygens (including phenoxy) is 1. The predicted molar refractivity (Wildman–Crippen MR) is 114 cm³/mol. The van der Waals surface area contributed by atoms with Gasteiger partial charge < -0.3 is 14.7 Å². The maximum absolute atomic E-state index is 8.84. The van der Waals surface area contributed by atoms with E-state index < -0.39 is 0 Å². The van der Waals surface area contributed by atoms with Gasteiger partial charge in [-0.25, -0.2) is 4.99 Å². The molecule has 0 radical (unpaired) electrons. The lowest BCUT2D eigenvalue weighted by molar-refractivity contribution is 0.0746. The topological polar surface area (TPSA) is 48.3 Å². The van der Waals surface area contributed by atoms with Crippen molar-refractivity contribution in [2.24, 2.45) is 4.99 Å². The highest BCUT2D eigenvalue weighted by Crippen LogP contribution is 2.40. The van der Waals surface area contributed by atoms with E-state index in [2.05, 4.69) is 58.3 Å². The van der Waals surface area contributed by atoms with Crippen molar-refractivity contribution in [3.63, 3.8) is 0 Å². The molecule has 0 spiro atoms. The van der Waals surface area contributed by atoms with E-state index in [0.29, 0.717) is 13.2 Å². The molecule has 5 nitrogen and oxygen atoms in total. The minimum atomic E-state index is 0.0898. The normalized spacial score (nSPS) is 17.3. The highest BCUT2D eigenvalue weighted by Gasteiger charge is 2.23. The summed E-state index contributed by atoms with van der Waals surface area (Å²) in [5, 5.41) is 8.84. The van der Waals surface area contributed by atoms with Gasteiger partial charge in [-0.2, -0.15) is 0 Å². The summed E-state index contributed by atoms with van der Waals surface area (Å²) >= 11 is 1.80. The van der Waals surface area contributed by atoms with Crippen LogP contribution in [0.4, 0.5) is 5.69 Å². The first kappa shape index (κ1) is 19.5. The summed E-state index contributed by atoms with van der Waals surface area (Å²) in [5.74, 6) is 1.09. The molecule has 0 unspecified atom stereocenters. The molecule has 6 heteroatoms. The number of aliphatic hydroxyl groups is 1. The lowest BCUT2D eigenvalue weighted by Crippen LogP contribution is -2.36. The Morgan fingerprint density at radius 2 is 1.75 bits per heavy atom. The van der Waals surface area contributed by atoms with E-state index in [1.807, 2.05) is 0 Å². The third-order valence-corrected chi connectivity index (χ3v) is 6.26. The summed E-state index contributed by atoms with van der Waals surface area (Å²) in [4.78, 5) is 12.5. The van der Waals surface area contributed by atoms with Crippen molar-refractivity contribution < 1.29 is 9.84 Å². The average molecular weight is 398 g/mol. The largest absolute Gasteiger partial charge is 0.394 e. The Hall–Kier alpha value is -1.86. The Bertz CT molecular complexity index is 827. The predicted octanol–water partition coefficient (Wildman–Crippen LogP) is 3.25. The molecule has 0 bridgehead atoms. The van der Waals surface area contributed by atoms with Crippen molar-refractivity contribution >= 4 is 23.3 Å². The summed E-state index contributed by atoms with van der Waals surface area (Å²) in [6.07, 6.45) is 1.11. The van der Waals surface area contributed by atoms with E-state index in [0.717, 1.165) is 50.7 Å². The fourth-order valence-electron chi connectivity index (χ4n) is 3.68. The highest BCUT2D eigenvalue weighted by molar-refractivity contribution is 7.99. The van der Waals surface area contributed by atoms with Gasteiger partial charge in [0.25, 0.3) is 0 Å². The number of hydrogen-bond acceptors (Lipinski definition) is 6. The van der Waals surface area contributed by atoms with Crippen LogP contribution < -0.4 is 0 Å². The van der Waals surface area contributed by atoms with Crippen LogP contribution in [0, 0.1) is 0 Å². The van der Waals surface area contributed by atoms with Crippen LogP contribution in [0.3, 0.4) is 0 Å². The van der Waals surface area contributed by atoms with Crippen molar-refractivity contribution in [2.75, 3.05) is 52.5 Å². The van der Waals surface area contributed by atoms with Crippen LogP contribution in [0.15, 0.2) is 63.3 Å². The molecular formula is C22H27N3O2S. The first-order chi connectivity index (χ1) is 13.8. The Balaban J connectivity index is 1.53. The van der Waals surface area contributed by atoms with Gasteiger partial charge in [0.15, 0.2) is 0 Å². The standard InChI is InChI=1S/C22H27N3O2S/c26-15-17-27-16-14-24-10-5-11-25(13-12-24)22-18-6-1-3-8-20(18)28-21-9-4-2-7-19(21)23-22/h1-4,6-9,26H,5,10-17H2. The SMILES string of the molecule is OCCOCCN1CCCN(C2=Nc3ccccc3Sc3ccccc32)CC1. The van der Waals surface area contributed by atoms with Gasteiger partial charge in [0, 0.05) is 41.5 Å². The Labute approximate surface area is 171 Å². The van der Waals surface area contributed by atoms with Crippen molar-refractivity contribution in [2.45, 2.75) is 16.2 Å². The molecule has 28 heavy (non-hydrogen) atoms. The molecule has 0 saturated carbocycles. The number of aliphatic imine (C=N–C) groups is 1. The lowest BCUT2D eigenvalue weighted by Gasteiger charge is -2.25. The van der Waals surface area contributed by atoms with E-state index in [1.165, 1.54) is 15.4 Å². The number of rotatable bonds is 5. The minimum absolute atomic E-state index is 0.0898. The van der Waals surface area contributed by atoms with Crippen molar-refractivity contribution in [1.29, 1.82) is 0 Å². The molecule has 0 amide bonds. The molecule has 2 aromatic carbocycles. The number of para-hydroxylation sites is 1. The molecule has 148 valence electrons. The zero-order chi connectivity index (χ0) is 19.2. The van der Waals surface area contributed by atoms with Gasteiger partial charge in [-0.05, 0) is 31.2 Å². The fourth-order valence-corrected chi connectivity index (χ4v) is 4.69. The first-order valence-electron chi connectivity index (χ1n) is 9.96. The molecule has 2 aromatic rings. The maximum Gasteiger partial charge on any atom is 0.137 e. The zero-order valence-electron chi connectivity index (χ0n) is 16.1. The molecule has 0 aliphatic carbocycles. The molecule has 0 aromatic heterocycles. The van der Waals surface area contributed by atoms with E-state index in [-0.39, 0.29) is 6.61 Å². The number of nitrogens with zero attached hydrogens (tertiary/aromatic N) is 3. The van der Waals surface area contributed by atoms with Gasteiger partial charge in [0.2, 0.25) is 0 Å². The third-order valence-electron chi connectivity index (χ3n) is 5.12. The molecular weight excluding hydrogens is 370 g/mol. The Morgan fingerprint density at radius 1 is 0.929 bits per heavy atom. The second-order valence-electron chi connectivity index (χ2n) is 7.02. The monoisotopic (exact) mass is 397 g/mol. The van der Waals surface area contributed by atoms with Gasteiger partial charge in [0.05, 0.1) is 25.5 Å². The van der Waals surface area contributed by atoms with E-state index in [9.17, 15) is 0 Å². The zero-order valence-corrected chi connectivity index (χ0v) is 16.9. The van der Waals surface area contributed by atoms with Crippen LogP contribution in [0.1, 0.15) is 12.0 Å². The maximum atomic E-state index is 8.84. The van der Waals surface area contributed by atoms with E-state index >= 15 is 0 Å². The van der Waals surface area contributed by atoms with E-state index in [4.69, 9.17) is 14.8 Å². The fraction of sp³-hybridized carbons (Fsp3) is 0.409. The lowest BCUT2D eigenvalue weighted by atomic mass is 10.1. The number of benzene rings is 2. The first-order valence-corrected chi connectivity index (χ1v) is 10.8. The molecule has 0 atom stereocenters. The highest BCUT2D eigenvalue weighted by atomic mass is 32.2.